The Balaban J connectivity index is 0.00000400. The second kappa shape index (κ2) is 18.6. The molecule has 4 aromatic rings. The molecule has 0 fully saturated rings. The third-order valence-corrected chi connectivity index (χ3v) is 7.65. The van der Waals surface area contributed by atoms with Gasteiger partial charge in [-0.25, -0.2) is 16.8 Å². The minimum atomic E-state index is -5.07. The van der Waals surface area contributed by atoms with E-state index in [2.05, 4.69) is 51.2 Å². The van der Waals surface area contributed by atoms with Gasteiger partial charge in [-0.1, -0.05) is 24.3 Å². The van der Waals surface area contributed by atoms with E-state index in [1.165, 1.54) is 24.3 Å². The van der Waals surface area contributed by atoms with Crippen LogP contribution in [0.25, 0.3) is 12.2 Å². The summed E-state index contributed by atoms with van der Waals surface area (Å²) in [4.78, 5) is 22.1. The number of benzene rings is 2. The molecule has 2 aromatic carbocycles. The van der Waals surface area contributed by atoms with Crippen LogP contribution in [-0.2, 0) is 20.2 Å². The Morgan fingerprint density at radius 1 is 0.625 bits per heavy atom. The smallest absolute Gasteiger partial charge is 0.744 e. The molecule has 0 bridgehead atoms. The zero-order valence-electron chi connectivity index (χ0n) is 25.0. The van der Waals surface area contributed by atoms with Crippen molar-refractivity contribution in [2.45, 2.75) is 9.79 Å². The molecule has 0 atom stereocenters. The number of nitrogens with zero attached hydrogens (tertiary/aromatic N) is 6. The maximum atomic E-state index is 12.1. The molecule has 18 nitrogen and oxygen atoms in total. The standard InChI is InChI=1S/C24H24Cl2N10O8S2.2Na/c25-19-31-21(27-7-9-37)35-23(33-19)29-15-5-3-13(17(11-15)45(39,40)41)1-2-14-4-6-16(12-18(14)46(42,43)44)30-24-34-20(26)32-22(36-24)28-8-10-38;;/h1-6,11-12,37-38H,7-10H2,(H,39,40,41)(H,42,43,44)(H2,27,29,31,33,35)(H2,28,30,32,34,36);;/q;2*+1/p-2. The quantitative estimate of drug-likeness (QED) is 0.0402. The summed E-state index contributed by atoms with van der Waals surface area (Å²) in [6, 6.07) is 7.28. The van der Waals surface area contributed by atoms with Crippen LogP contribution in [0.15, 0.2) is 46.2 Å². The van der Waals surface area contributed by atoms with Crippen LogP contribution in [0.3, 0.4) is 0 Å². The number of hydrogen-bond donors (Lipinski definition) is 6. The van der Waals surface area contributed by atoms with Crippen LogP contribution in [0.1, 0.15) is 11.1 Å². The third kappa shape index (κ3) is 12.2. The average molecular weight is 760 g/mol. The van der Waals surface area contributed by atoms with Crippen molar-refractivity contribution >= 4 is 90.8 Å². The third-order valence-electron chi connectivity index (χ3n) is 5.53. The van der Waals surface area contributed by atoms with Crippen LogP contribution in [0, 0.1) is 0 Å². The summed E-state index contributed by atoms with van der Waals surface area (Å²) in [6.07, 6.45) is 2.29. The van der Waals surface area contributed by atoms with Crippen LogP contribution in [0.4, 0.5) is 35.2 Å². The predicted octanol–water partition coefficient (Wildman–Crippen LogP) is -4.35. The first-order chi connectivity index (χ1) is 21.7. The van der Waals surface area contributed by atoms with Crippen LogP contribution in [0.2, 0.25) is 10.6 Å². The summed E-state index contributed by atoms with van der Waals surface area (Å²) in [7, 11) is -10.1. The number of anilines is 6. The first-order valence-electron chi connectivity index (χ1n) is 12.7. The Labute approximate surface area is 328 Å². The van der Waals surface area contributed by atoms with Gasteiger partial charge in [-0.05, 0) is 58.6 Å². The van der Waals surface area contributed by atoms with Crippen molar-refractivity contribution in [1.82, 2.24) is 29.9 Å². The van der Waals surface area contributed by atoms with Gasteiger partial charge in [0, 0.05) is 24.5 Å². The van der Waals surface area contributed by atoms with Gasteiger partial charge in [-0.15, -0.1) is 0 Å². The summed E-state index contributed by atoms with van der Waals surface area (Å²) in [6.45, 7) is -0.188. The van der Waals surface area contributed by atoms with Crippen LogP contribution in [0.5, 0.6) is 0 Å². The summed E-state index contributed by atoms with van der Waals surface area (Å²) in [5.74, 6) is -0.159. The van der Waals surface area contributed by atoms with Gasteiger partial charge in [-0.2, -0.15) is 29.9 Å². The van der Waals surface area contributed by atoms with E-state index in [1.54, 1.807) is 0 Å². The Bertz CT molecular complexity index is 1860. The molecule has 0 unspecified atom stereocenters. The van der Waals surface area contributed by atoms with Crippen molar-refractivity contribution in [3.8, 4) is 0 Å². The maximum Gasteiger partial charge on any atom is 1.00 e. The van der Waals surface area contributed by atoms with E-state index in [0.29, 0.717) is 0 Å². The minimum absolute atomic E-state index is 0. The molecular weight excluding hydrogens is 737 g/mol. The molecule has 0 spiro atoms. The van der Waals surface area contributed by atoms with E-state index in [0.717, 1.165) is 24.3 Å². The fraction of sp³-hybridized carbons (Fsp3) is 0.167. The van der Waals surface area contributed by atoms with E-state index in [9.17, 15) is 25.9 Å². The van der Waals surface area contributed by atoms with Gasteiger partial charge in [0.25, 0.3) is 0 Å². The second-order valence-electron chi connectivity index (χ2n) is 8.80. The topological polar surface area (TPSA) is 280 Å². The largest absolute Gasteiger partial charge is 1.00 e. The SMILES string of the molecule is O=S(=O)([O-])c1cc(Nc2nc(Cl)nc(NCCO)n2)ccc1C=Cc1ccc(Nc2nc(Cl)nc(NCCO)n2)cc1S(=O)(=O)[O-].[Na+].[Na+]. The summed E-state index contributed by atoms with van der Waals surface area (Å²) >= 11 is 11.8. The molecule has 6 N–H and O–H groups in total. The van der Waals surface area contributed by atoms with Gasteiger partial charge in [0.1, 0.15) is 20.2 Å². The van der Waals surface area contributed by atoms with Gasteiger partial charge in [0.15, 0.2) is 0 Å². The minimum Gasteiger partial charge on any atom is -0.744 e. The molecule has 0 radical (unpaired) electrons. The molecule has 0 aliphatic heterocycles. The van der Waals surface area contributed by atoms with Crippen molar-refractivity contribution in [2.75, 3.05) is 47.6 Å². The molecule has 2 heterocycles. The summed E-state index contributed by atoms with van der Waals surface area (Å²) in [5, 5.41) is 28.3. The predicted molar refractivity (Wildman–Crippen MR) is 165 cm³/mol. The number of halogens is 2. The van der Waals surface area contributed by atoms with E-state index < -0.39 is 30.0 Å². The second-order valence-corrected chi connectivity index (χ2v) is 12.2. The van der Waals surface area contributed by atoms with Crippen molar-refractivity contribution in [1.29, 1.82) is 0 Å². The van der Waals surface area contributed by atoms with Gasteiger partial charge in [0.05, 0.1) is 23.0 Å². The molecular formula is C24H22Cl2N10Na2O8S2. The van der Waals surface area contributed by atoms with Gasteiger partial charge in [0.2, 0.25) is 34.4 Å². The first kappa shape index (κ1) is 41.9. The Kier molecular flexibility index (Phi) is 16.3. The molecule has 2 aromatic heterocycles. The number of aliphatic hydroxyl groups excluding tert-OH is 2. The summed E-state index contributed by atoms with van der Waals surface area (Å²) in [5.41, 5.74) is -0.0980. The average Bonchev–Trinajstić information content (AvgIpc) is 2.97. The molecule has 0 saturated carbocycles. The Morgan fingerprint density at radius 3 is 1.31 bits per heavy atom. The monoisotopic (exact) mass is 758 g/mol. The Morgan fingerprint density at radius 2 is 0.979 bits per heavy atom. The summed E-state index contributed by atoms with van der Waals surface area (Å²) < 4.78 is 72.8. The van der Waals surface area contributed by atoms with Gasteiger partial charge < -0.3 is 40.6 Å². The molecule has 0 saturated heterocycles. The van der Waals surface area contributed by atoms with E-state index >= 15 is 0 Å². The zero-order valence-corrected chi connectivity index (χ0v) is 32.2. The van der Waals surface area contributed by atoms with Crippen LogP contribution >= 0.6 is 23.2 Å². The number of hydrogen-bond acceptors (Lipinski definition) is 18. The number of nitrogens with one attached hydrogen (secondary N) is 4. The number of aliphatic hydroxyl groups is 2. The molecule has 0 aliphatic carbocycles. The van der Waals surface area contributed by atoms with Crippen molar-refractivity contribution in [3.05, 3.63) is 58.1 Å². The number of aromatic nitrogens is 6. The van der Waals surface area contributed by atoms with Crippen LogP contribution < -0.4 is 80.4 Å². The maximum absolute atomic E-state index is 12.1. The normalized spacial score (nSPS) is 11.4. The van der Waals surface area contributed by atoms with Gasteiger partial charge >= 0.3 is 59.1 Å². The van der Waals surface area contributed by atoms with Crippen molar-refractivity contribution < 1.29 is 95.3 Å². The first-order valence-corrected chi connectivity index (χ1v) is 16.3. The molecule has 0 amide bonds. The molecule has 24 heteroatoms. The molecule has 0 aliphatic rings. The van der Waals surface area contributed by atoms with E-state index in [1.807, 2.05) is 0 Å². The molecule has 244 valence electrons. The van der Waals surface area contributed by atoms with Crippen LogP contribution in [-0.4, -0.2) is 92.4 Å². The fourth-order valence-corrected chi connectivity index (χ4v) is 5.39. The number of rotatable bonds is 14. The van der Waals surface area contributed by atoms with Gasteiger partial charge in [-0.3, -0.25) is 0 Å². The zero-order chi connectivity index (χ0) is 33.5. The van der Waals surface area contributed by atoms with E-state index in [4.69, 9.17) is 33.4 Å². The molecule has 48 heavy (non-hydrogen) atoms. The van der Waals surface area contributed by atoms with Crippen molar-refractivity contribution in [3.63, 3.8) is 0 Å². The van der Waals surface area contributed by atoms with E-state index in [-0.39, 0.29) is 142 Å². The molecule has 4 rings (SSSR count). The Hall–Kier alpha value is -2.28. The van der Waals surface area contributed by atoms with Crippen molar-refractivity contribution in [2.24, 2.45) is 0 Å². The fourth-order valence-electron chi connectivity index (χ4n) is 3.68.